The molecule has 0 spiro atoms. The zero-order valence-electron chi connectivity index (χ0n) is 15.5. The maximum Gasteiger partial charge on any atom is 0.169 e. The highest BCUT2D eigenvalue weighted by molar-refractivity contribution is 9.10. The van der Waals surface area contributed by atoms with Crippen LogP contribution in [0.15, 0.2) is 74.9 Å². The Bertz CT molecular complexity index is 1270. The summed E-state index contributed by atoms with van der Waals surface area (Å²) in [5, 5.41) is 22.4. The third kappa shape index (κ3) is 4.13. The van der Waals surface area contributed by atoms with Crippen molar-refractivity contribution in [3.8, 4) is 0 Å². The van der Waals surface area contributed by atoms with E-state index in [1.54, 1.807) is 18.2 Å². The molecule has 0 fully saturated rings. The number of nitrogens with zero attached hydrogens (tertiary/aromatic N) is 3. The molecule has 0 aliphatic carbocycles. The molecule has 0 aliphatic heterocycles. The normalized spacial score (nSPS) is 11.7. The Hall–Kier alpha value is -3.39. The van der Waals surface area contributed by atoms with Crippen LogP contribution in [0.2, 0.25) is 0 Å². The molecule has 6 nitrogen and oxygen atoms in total. The van der Waals surface area contributed by atoms with Crippen molar-refractivity contribution in [3.05, 3.63) is 93.5 Å². The van der Waals surface area contributed by atoms with Gasteiger partial charge in [0.15, 0.2) is 11.5 Å². The Morgan fingerprint density at radius 3 is 2.60 bits per heavy atom. The number of hydrogen-bond donors (Lipinski definition) is 1. The number of carbonyl (C=O) groups is 1. The lowest BCUT2D eigenvalue weighted by Crippen LogP contribution is -2.12. The lowest BCUT2D eigenvalue weighted by atomic mass is 9.99. The second-order valence-electron chi connectivity index (χ2n) is 6.69. The first-order valence-electron chi connectivity index (χ1n) is 9.04. The van der Waals surface area contributed by atoms with Crippen LogP contribution < -0.4 is 0 Å². The molecule has 0 radical (unpaired) electrons. The Balaban J connectivity index is 1.56. The third-order valence-electron chi connectivity index (χ3n) is 4.71. The summed E-state index contributed by atoms with van der Waals surface area (Å²) in [7, 11) is 0. The summed E-state index contributed by atoms with van der Waals surface area (Å²) < 4.78 is 18.6. The highest BCUT2D eigenvalue weighted by atomic mass is 79.9. The number of carbonyl (C=O) groups excluding carboxylic acids is 1. The molecular formula is C22H15BrFN3O3. The zero-order chi connectivity index (χ0) is 21.1. The van der Waals surface area contributed by atoms with Gasteiger partial charge in [-0.2, -0.15) is 0 Å². The van der Waals surface area contributed by atoms with Gasteiger partial charge in [0, 0.05) is 12.0 Å². The van der Waals surface area contributed by atoms with Gasteiger partial charge in [-0.1, -0.05) is 52.8 Å². The fourth-order valence-corrected chi connectivity index (χ4v) is 3.59. The third-order valence-corrected chi connectivity index (χ3v) is 5.31. The van der Waals surface area contributed by atoms with Gasteiger partial charge in [-0.15, -0.1) is 0 Å². The Kier molecular flexibility index (Phi) is 5.67. The van der Waals surface area contributed by atoms with Gasteiger partial charge in [0.2, 0.25) is 0 Å². The van der Waals surface area contributed by atoms with Crippen LogP contribution in [0.3, 0.4) is 0 Å². The average Bonchev–Trinajstić information content (AvgIpc) is 3.22. The van der Waals surface area contributed by atoms with Crippen LogP contribution >= 0.6 is 15.9 Å². The van der Waals surface area contributed by atoms with E-state index in [4.69, 9.17) is 4.63 Å². The maximum atomic E-state index is 13.5. The molecule has 0 saturated heterocycles. The largest absolute Gasteiger partial charge is 0.411 e. The topological polar surface area (TPSA) is 88.6 Å². The van der Waals surface area contributed by atoms with Gasteiger partial charge in [-0.05, 0) is 55.6 Å². The Morgan fingerprint density at radius 1 is 1.03 bits per heavy atom. The van der Waals surface area contributed by atoms with Crippen molar-refractivity contribution in [2.45, 2.75) is 12.8 Å². The van der Waals surface area contributed by atoms with E-state index in [2.05, 4.69) is 31.4 Å². The second kappa shape index (κ2) is 8.54. The van der Waals surface area contributed by atoms with Crippen LogP contribution in [0.5, 0.6) is 0 Å². The number of ketones is 1. The van der Waals surface area contributed by atoms with Crippen LogP contribution in [0.1, 0.15) is 27.3 Å². The number of hydrogen-bond acceptors (Lipinski definition) is 6. The number of fused-ring (bicyclic) bond motifs is 1. The summed E-state index contributed by atoms with van der Waals surface area (Å²) in [6.45, 7) is 0. The number of rotatable bonds is 6. The van der Waals surface area contributed by atoms with E-state index in [1.165, 1.54) is 6.07 Å². The number of oxime groups is 1. The summed E-state index contributed by atoms with van der Waals surface area (Å²) in [4.78, 5) is 12.8. The minimum Gasteiger partial charge on any atom is -0.411 e. The van der Waals surface area contributed by atoms with Gasteiger partial charge in [0.1, 0.15) is 17.2 Å². The van der Waals surface area contributed by atoms with Crippen LogP contribution in [-0.2, 0) is 12.8 Å². The zero-order valence-corrected chi connectivity index (χ0v) is 17.1. The van der Waals surface area contributed by atoms with Gasteiger partial charge in [-0.25, -0.2) is 9.02 Å². The van der Waals surface area contributed by atoms with E-state index in [9.17, 15) is 14.4 Å². The monoisotopic (exact) mass is 467 g/mol. The minimum atomic E-state index is -0.397. The maximum absolute atomic E-state index is 13.5. The SMILES string of the molecule is O=C(Cc1nonc1/C(Cc1ccc(F)c(Br)c1)=N/O)c1ccc2ccccc2c1. The lowest BCUT2D eigenvalue weighted by molar-refractivity contribution is 0.0990. The minimum absolute atomic E-state index is 0.0662. The van der Waals surface area contributed by atoms with E-state index in [0.717, 1.165) is 10.8 Å². The lowest BCUT2D eigenvalue weighted by Gasteiger charge is -2.05. The Labute approximate surface area is 179 Å². The number of benzene rings is 3. The van der Waals surface area contributed by atoms with E-state index in [-0.39, 0.29) is 35.7 Å². The van der Waals surface area contributed by atoms with Crippen LogP contribution in [0, 0.1) is 5.82 Å². The molecule has 1 N–H and O–H groups in total. The standard InChI is InChI=1S/C22H15BrFN3O3/c23-17-9-13(5-8-18(17)24)10-19(25-29)22-20(26-30-27-22)12-21(28)16-7-6-14-3-1-2-4-15(14)11-16/h1-9,11,29H,10,12H2/b25-19+. The predicted octanol–water partition coefficient (Wildman–Crippen LogP) is 4.97. The fourth-order valence-electron chi connectivity index (χ4n) is 3.17. The Morgan fingerprint density at radius 2 is 1.83 bits per heavy atom. The van der Waals surface area contributed by atoms with Gasteiger partial charge in [0.25, 0.3) is 0 Å². The molecule has 3 aromatic carbocycles. The fraction of sp³-hybridized carbons (Fsp3) is 0.0909. The molecule has 0 atom stereocenters. The second-order valence-corrected chi connectivity index (χ2v) is 7.55. The van der Waals surface area contributed by atoms with Crippen molar-refractivity contribution >= 4 is 38.2 Å². The molecule has 150 valence electrons. The summed E-state index contributed by atoms with van der Waals surface area (Å²) in [5.74, 6) is -0.564. The van der Waals surface area contributed by atoms with Crippen molar-refractivity contribution in [3.63, 3.8) is 0 Å². The molecule has 8 heteroatoms. The number of halogens is 2. The molecule has 4 rings (SSSR count). The van der Waals surface area contributed by atoms with Crippen LogP contribution in [-0.4, -0.2) is 27.0 Å². The average molecular weight is 468 g/mol. The number of Topliss-reactive ketones (excluding diaryl/α,β-unsaturated/α-hetero) is 1. The molecular weight excluding hydrogens is 453 g/mol. The molecule has 4 aromatic rings. The molecule has 0 saturated carbocycles. The highest BCUT2D eigenvalue weighted by Crippen LogP contribution is 2.20. The molecule has 0 unspecified atom stereocenters. The quantitative estimate of drug-likeness (QED) is 0.187. The molecule has 1 heterocycles. The van der Waals surface area contributed by atoms with Crippen molar-refractivity contribution < 1.29 is 19.0 Å². The smallest absolute Gasteiger partial charge is 0.169 e. The predicted molar refractivity (Wildman–Crippen MR) is 112 cm³/mol. The summed E-state index contributed by atoms with van der Waals surface area (Å²) >= 11 is 3.13. The van der Waals surface area contributed by atoms with E-state index >= 15 is 0 Å². The molecule has 0 bridgehead atoms. The molecule has 0 aliphatic rings. The summed E-state index contributed by atoms with van der Waals surface area (Å²) in [6, 6.07) is 17.7. The first kappa shape index (κ1) is 19.9. The van der Waals surface area contributed by atoms with Crippen molar-refractivity contribution in [2.75, 3.05) is 0 Å². The van der Waals surface area contributed by atoms with E-state index in [0.29, 0.717) is 15.6 Å². The van der Waals surface area contributed by atoms with E-state index < -0.39 is 5.82 Å². The highest BCUT2D eigenvalue weighted by Gasteiger charge is 2.21. The van der Waals surface area contributed by atoms with Crippen molar-refractivity contribution in [1.29, 1.82) is 0 Å². The van der Waals surface area contributed by atoms with Gasteiger partial charge < -0.3 is 5.21 Å². The van der Waals surface area contributed by atoms with Gasteiger partial charge in [0.05, 0.1) is 10.9 Å². The van der Waals surface area contributed by atoms with Gasteiger partial charge >= 0.3 is 0 Å². The van der Waals surface area contributed by atoms with E-state index in [1.807, 2.05) is 36.4 Å². The van der Waals surface area contributed by atoms with Crippen molar-refractivity contribution in [2.24, 2.45) is 5.16 Å². The molecule has 30 heavy (non-hydrogen) atoms. The molecule has 0 amide bonds. The molecule has 1 aromatic heterocycles. The summed E-state index contributed by atoms with van der Waals surface area (Å²) in [5.41, 5.74) is 1.84. The first-order chi connectivity index (χ1) is 14.5. The number of aromatic nitrogens is 2. The first-order valence-corrected chi connectivity index (χ1v) is 9.83. The van der Waals surface area contributed by atoms with Crippen LogP contribution in [0.4, 0.5) is 4.39 Å². The van der Waals surface area contributed by atoms with Gasteiger partial charge in [-0.3, -0.25) is 4.79 Å². The summed E-state index contributed by atoms with van der Waals surface area (Å²) in [6.07, 6.45) is 0.0874. The van der Waals surface area contributed by atoms with Crippen LogP contribution in [0.25, 0.3) is 10.8 Å². The van der Waals surface area contributed by atoms with Crippen molar-refractivity contribution in [1.82, 2.24) is 10.3 Å².